The third-order valence-corrected chi connectivity index (χ3v) is 7.85. The molecule has 0 atom stereocenters. The number of thioether (sulfide) groups is 1. The molecule has 1 amide bonds. The zero-order chi connectivity index (χ0) is 25.4. The smallest absolute Gasteiger partial charge is 0.266 e. The van der Waals surface area contributed by atoms with E-state index < -0.39 is 0 Å². The number of hydrogen-bond donors (Lipinski definition) is 0. The highest BCUT2D eigenvalue weighted by molar-refractivity contribution is 8.18. The normalized spacial score (nSPS) is 16.1. The van der Waals surface area contributed by atoms with Crippen LogP contribution >= 0.6 is 23.4 Å². The number of rotatable bonds is 5. The van der Waals surface area contributed by atoms with Crippen molar-refractivity contribution in [1.82, 2.24) is 9.47 Å². The summed E-state index contributed by atoms with van der Waals surface area (Å²) >= 11 is 7.55. The fourth-order valence-corrected chi connectivity index (χ4v) is 5.72. The number of amides is 1. The standard InChI is InChI=1S/C30H28ClN3OS/c1-5-33-29(35)28(36-30(33)32-26-16-19(2)10-11-20(26)3)17-25-21(4)34(27-9-7-6-8-24(25)27)18-22-12-14-23(31)15-13-22/h6-17H,5,18H2,1-4H3/b28-17+,32-30?. The first-order chi connectivity index (χ1) is 17.4. The molecule has 0 saturated carbocycles. The van der Waals surface area contributed by atoms with Gasteiger partial charge in [0.1, 0.15) is 0 Å². The number of para-hydroxylation sites is 1. The highest BCUT2D eigenvalue weighted by Crippen LogP contribution is 2.37. The molecule has 2 heterocycles. The van der Waals surface area contributed by atoms with Gasteiger partial charge in [0.25, 0.3) is 5.91 Å². The molecule has 0 radical (unpaired) electrons. The van der Waals surface area contributed by atoms with Crippen molar-refractivity contribution in [2.24, 2.45) is 4.99 Å². The Bertz CT molecular complexity index is 1530. The number of fused-ring (bicyclic) bond motifs is 1. The molecule has 0 unspecified atom stereocenters. The molecule has 182 valence electrons. The van der Waals surface area contributed by atoms with E-state index in [1.165, 1.54) is 17.3 Å². The summed E-state index contributed by atoms with van der Waals surface area (Å²) < 4.78 is 2.30. The molecule has 0 N–H and O–H groups in total. The Kier molecular flexibility index (Phi) is 6.78. The summed E-state index contributed by atoms with van der Waals surface area (Å²) in [5.74, 6) is 0.000452. The fourth-order valence-electron chi connectivity index (χ4n) is 4.56. The Labute approximate surface area is 221 Å². The Morgan fingerprint density at radius 2 is 1.75 bits per heavy atom. The number of carbonyl (C=O) groups is 1. The molecule has 5 rings (SSSR count). The molecule has 1 aromatic heterocycles. The molecule has 6 heteroatoms. The maximum Gasteiger partial charge on any atom is 0.266 e. The molecule has 4 nitrogen and oxygen atoms in total. The third-order valence-electron chi connectivity index (χ3n) is 6.59. The SMILES string of the molecule is CCN1C(=O)/C(=C\c2c(C)n(Cc3ccc(Cl)cc3)c3ccccc23)SC1=Nc1cc(C)ccc1C. The van der Waals surface area contributed by atoms with Gasteiger partial charge in [-0.2, -0.15) is 0 Å². The number of aryl methyl sites for hydroxylation is 2. The molecule has 36 heavy (non-hydrogen) atoms. The number of nitrogens with zero attached hydrogens (tertiary/aromatic N) is 3. The van der Waals surface area contributed by atoms with Crippen molar-refractivity contribution >= 4 is 57.1 Å². The second-order valence-corrected chi connectivity index (χ2v) is 10.5. The Morgan fingerprint density at radius 1 is 1.00 bits per heavy atom. The minimum Gasteiger partial charge on any atom is -0.340 e. The maximum absolute atomic E-state index is 13.4. The quantitative estimate of drug-likeness (QED) is 0.254. The molecule has 1 saturated heterocycles. The van der Waals surface area contributed by atoms with Gasteiger partial charge in [-0.25, -0.2) is 4.99 Å². The first kappa shape index (κ1) is 24.4. The molecule has 4 aromatic rings. The minimum absolute atomic E-state index is 0.000452. The van der Waals surface area contributed by atoms with Crippen LogP contribution in [0.5, 0.6) is 0 Å². The molecule has 1 aliphatic rings. The van der Waals surface area contributed by atoms with Crippen molar-refractivity contribution in [3.05, 3.63) is 105 Å². The van der Waals surface area contributed by atoms with Gasteiger partial charge in [-0.3, -0.25) is 9.69 Å². The Morgan fingerprint density at radius 3 is 2.50 bits per heavy atom. The zero-order valence-electron chi connectivity index (χ0n) is 20.9. The van der Waals surface area contributed by atoms with E-state index in [9.17, 15) is 4.79 Å². The average molecular weight is 514 g/mol. The molecule has 0 spiro atoms. The van der Waals surface area contributed by atoms with Gasteiger partial charge in [0.05, 0.1) is 10.6 Å². The summed E-state index contributed by atoms with van der Waals surface area (Å²) in [6, 6.07) is 22.5. The number of benzene rings is 3. The highest BCUT2D eigenvalue weighted by atomic mass is 35.5. The van der Waals surface area contributed by atoms with Crippen molar-refractivity contribution in [3.8, 4) is 0 Å². The molecule has 3 aromatic carbocycles. The average Bonchev–Trinajstić information content (AvgIpc) is 3.31. The summed E-state index contributed by atoms with van der Waals surface area (Å²) in [6.07, 6.45) is 2.04. The third kappa shape index (κ3) is 4.61. The minimum atomic E-state index is 0.000452. The summed E-state index contributed by atoms with van der Waals surface area (Å²) in [7, 11) is 0. The van der Waals surface area contributed by atoms with Gasteiger partial charge in [0.2, 0.25) is 0 Å². The van der Waals surface area contributed by atoms with Crippen LogP contribution in [0, 0.1) is 20.8 Å². The second kappa shape index (κ2) is 10.00. The molecule has 1 fully saturated rings. The van der Waals surface area contributed by atoms with Crippen LogP contribution in [0.3, 0.4) is 0 Å². The summed E-state index contributed by atoms with van der Waals surface area (Å²) in [5.41, 5.74) is 7.65. The molecular formula is C30H28ClN3OS. The second-order valence-electron chi connectivity index (χ2n) is 9.07. The van der Waals surface area contributed by atoms with E-state index in [4.69, 9.17) is 16.6 Å². The highest BCUT2D eigenvalue weighted by Gasteiger charge is 2.33. The van der Waals surface area contributed by atoms with Gasteiger partial charge in [-0.15, -0.1) is 0 Å². The van der Waals surface area contributed by atoms with Crippen molar-refractivity contribution in [2.75, 3.05) is 6.54 Å². The topological polar surface area (TPSA) is 37.6 Å². The van der Waals surface area contributed by atoms with Crippen LogP contribution in [0.2, 0.25) is 5.02 Å². The number of halogens is 1. The van der Waals surface area contributed by atoms with Crippen molar-refractivity contribution in [2.45, 2.75) is 34.2 Å². The number of carbonyl (C=O) groups excluding carboxylic acids is 1. The van der Waals surface area contributed by atoms with Crippen LogP contribution in [0.15, 0.2) is 76.6 Å². The van der Waals surface area contributed by atoms with E-state index in [1.807, 2.05) is 38.1 Å². The van der Waals surface area contributed by atoms with Crippen LogP contribution in [-0.4, -0.2) is 27.1 Å². The fraction of sp³-hybridized carbons (Fsp3) is 0.200. The van der Waals surface area contributed by atoms with Gasteiger partial charge in [-0.1, -0.05) is 54.1 Å². The predicted molar refractivity (Wildman–Crippen MR) is 153 cm³/mol. The lowest BCUT2D eigenvalue weighted by atomic mass is 10.1. The van der Waals surface area contributed by atoms with Crippen LogP contribution in [0.25, 0.3) is 17.0 Å². The van der Waals surface area contributed by atoms with E-state index in [2.05, 4.69) is 66.9 Å². The number of hydrogen-bond acceptors (Lipinski definition) is 3. The summed E-state index contributed by atoms with van der Waals surface area (Å²) in [6.45, 7) is 9.52. The molecular weight excluding hydrogens is 486 g/mol. The van der Waals surface area contributed by atoms with Crippen LogP contribution < -0.4 is 0 Å². The van der Waals surface area contributed by atoms with Crippen LogP contribution in [-0.2, 0) is 11.3 Å². The van der Waals surface area contributed by atoms with Gasteiger partial charge in [0.15, 0.2) is 5.17 Å². The molecule has 0 bridgehead atoms. The first-order valence-corrected chi connectivity index (χ1v) is 13.2. The summed E-state index contributed by atoms with van der Waals surface area (Å²) in [5, 5.41) is 2.59. The largest absolute Gasteiger partial charge is 0.340 e. The molecule has 1 aliphatic heterocycles. The zero-order valence-corrected chi connectivity index (χ0v) is 22.5. The Hall–Kier alpha value is -3.28. The lowest BCUT2D eigenvalue weighted by Gasteiger charge is -2.12. The van der Waals surface area contributed by atoms with Crippen molar-refractivity contribution < 1.29 is 4.79 Å². The van der Waals surface area contributed by atoms with Crippen LogP contribution in [0.4, 0.5) is 5.69 Å². The van der Waals surface area contributed by atoms with Crippen molar-refractivity contribution in [1.29, 1.82) is 0 Å². The number of aliphatic imine (C=N–C) groups is 1. The van der Waals surface area contributed by atoms with Gasteiger partial charge >= 0.3 is 0 Å². The van der Waals surface area contributed by atoms with Gasteiger partial charge in [0, 0.05) is 40.3 Å². The monoisotopic (exact) mass is 513 g/mol. The first-order valence-electron chi connectivity index (χ1n) is 12.1. The maximum atomic E-state index is 13.4. The lowest BCUT2D eigenvalue weighted by molar-refractivity contribution is -0.122. The van der Waals surface area contributed by atoms with E-state index in [0.29, 0.717) is 11.4 Å². The number of aromatic nitrogens is 1. The number of amidine groups is 1. The van der Waals surface area contributed by atoms with E-state index in [0.717, 1.165) is 55.7 Å². The van der Waals surface area contributed by atoms with E-state index in [1.54, 1.807) is 4.90 Å². The van der Waals surface area contributed by atoms with Gasteiger partial charge in [-0.05, 0) is 86.5 Å². The van der Waals surface area contributed by atoms with Crippen molar-refractivity contribution in [3.63, 3.8) is 0 Å². The van der Waals surface area contributed by atoms with E-state index in [-0.39, 0.29) is 5.91 Å². The predicted octanol–water partition coefficient (Wildman–Crippen LogP) is 7.89. The number of likely N-dealkylation sites (N-methyl/N-ethyl adjacent to an activating group) is 1. The van der Waals surface area contributed by atoms with Gasteiger partial charge < -0.3 is 4.57 Å². The van der Waals surface area contributed by atoms with Crippen LogP contribution in [0.1, 0.15) is 34.9 Å². The lowest BCUT2D eigenvalue weighted by Crippen LogP contribution is -2.28. The van der Waals surface area contributed by atoms with E-state index >= 15 is 0 Å². The summed E-state index contributed by atoms with van der Waals surface area (Å²) in [4.78, 5) is 20.8. The molecule has 0 aliphatic carbocycles. The Balaban J connectivity index is 1.57.